The van der Waals surface area contributed by atoms with E-state index in [2.05, 4.69) is 15.2 Å². The van der Waals surface area contributed by atoms with Gasteiger partial charge in [0.1, 0.15) is 0 Å². The lowest BCUT2D eigenvalue weighted by atomic mass is 10.2. The first kappa shape index (κ1) is 20.8. The molecule has 1 fully saturated rings. The number of carbonyl (C=O) groups excluding carboxylic acids is 1. The first-order valence-corrected chi connectivity index (χ1v) is 11.1. The fourth-order valence-electron chi connectivity index (χ4n) is 3.21. The zero-order chi connectivity index (χ0) is 20.9. The summed E-state index contributed by atoms with van der Waals surface area (Å²) in [6.07, 6.45) is 3.60. The van der Waals surface area contributed by atoms with E-state index in [0.717, 1.165) is 48.5 Å². The van der Waals surface area contributed by atoms with E-state index in [-0.39, 0.29) is 11.2 Å². The minimum absolute atomic E-state index is 0.0650. The van der Waals surface area contributed by atoms with Crippen molar-refractivity contribution in [2.24, 2.45) is 0 Å². The molecular formula is C22H23ClN4O2S. The molecule has 0 spiro atoms. The highest BCUT2D eigenvalue weighted by atomic mass is 35.5. The van der Waals surface area contributed by atoms with E-state index >= 15 is 0 Å². The normalized spacial score (nSPS) is 15.1. The molecule has 156 valence electrons. The number of ether oxygens (including phenoxy) is 1. The number of amides is 1. The number of carbonyl (C=O) groups is 1. The van der Waals surface area contributed by atoms with Crippen LogP contribution < -0.4 is 10.2 Å². The Kier molecular flexibility index (Phi) is 6.62. The van der Waals surface area contributed by atoms with Gasteiger partial charge >= 0.3 is 0 Å². The summed E-state index contributed by atoms with van der Waals surface area (Å²) < 4.78 is 7.34. The Morgan fingerprint density at radius 3 is 2.47 bits per heavy atom. The molecule has 2 aromatic carbocycles. The molecule has 0 radical (unpaired) electrons. The number of nitrogens with one attached hydrogen (secondary N) is 1. The van der Waals surface area contributed by atoms with Gasteiger partial charge in [0.15, 0.2) is 5.16 Å². The highest BCUT2D eigenvalue weighted by Crippen LogP contribution is 2.26. The number of aromatic nitrogens is 2. The molecule has 4 rings (SSSR count). The Morgan fingerprint density at radius 1 is 1.10 bits per heavy atom. The molecule has 2 heterocycles. The SMILES string of the molecule is C[C@@H](Sc1nccn1-c1ccc(Cl)cc1)C(=O)Nc1ccc(N2CCOCC2)cc1. The standard InChI is InChI=1S/C22H23ClN4O2S/c1-16(30-22-24-10-11-27(22)20-6-2-17(23)3-7-20)21(28)25-18-4-8-19(9-5-18)26-12-14-29-15-13-26/h2-11,16H,12-15H2,1H3,(H,25,28)/t16-/m1/s1. The number of halogens is 1. The molecule has 0 saturated carbocycles. The third kappa shape index (κ3) is 4.98. The van der Waals surface area contributed by atoms with Crippen LogP contribution in [0.1, 0.15) is 6.92 Å². The van der Waals surface area contributed by atoms with Gasteiger partial charge in [-0.25, -0.2) is 4.98 Å². The number of imidazole rings is 1. The highest BCUT2D eigenvalue weighted by molar-refractivity contribution is 8.00. The number of hydrogen-bond donors (Lipinski definition) is 1. The Balaban J connectivity index is 1.37. The molecule has 0 bridgehead atoms. The van der Waals surface area contributed by atoms with Gasteiger partial charge in [-0.05, 0) is 55.5 Å². The number of thioether (sulfide) groups is 1. The summed E-state index contributed by atoms with van der Waals surface area (Å²) in [4.78, 5) is 19.4. The summed E-state index contributed by atoms with van der Waals surface area (Å²) in [6, 6.07) is 15.5. The molecule has 1 atom stereocenters. The number of hydrogen-bond acceptors (Lipinski definition) is 5. The number of morpholine rings is 1. The van der Waals surface area contributed by atoms with Crippen molar-refractivity contribution in [1.82, 2.24) is 9.55 Å². The van der Waals surface area contributed by atoms with Gasteiger partial charge in [0.05, 0.1) is 18.5 Å². The van der Waals surface area contributed by atoms with Gasteiger partial charge in [-0.15, -0.1) is 0 Å². The molecule has 8 heteroatoms. The fourth-order valence-corrected chi connectivity index (χ4v) is 4.22. The van der Waals surface area contributed by atoms with E-state index in [0.29, 0.717) is 5.02 Å². The van der Waals surface area contributed by atoms with E-state index in [9.17, 15) is 4.79 Å². The van der Waals surface area contributed by atoms with Crippen LogP contribution in [0.3, 0.4) is 0 Å². The van der Waals surface area contributed by atoms with Gasteiger partial charge < -0.3 is 15.0 Å². The molecule has 0 aliphatic carbocycles. The second-order valence-electron chi connectivity index (χ2n) is 6.95. The van der Waals surface area contributed by atoms with Crippen LogP contribution in [-0.4, -0.2) is 47.0 Å². The van der Waals surface area contributed by atoms with Crippen LogP contribution in [0.2, 0.25) is 5.02 Å². The number of benzene rings is 2. The van der Waals surface area contributed by atoms with Crippen molar-refractivity contribution in [2.75, 3.05) is 36.5 Å². The maximum Gasteiger partial charge on any atom is 0.237 e. The van der Waals surface area contributed by atoms with Gasteiger partial charge in [-0.2, -0.15) is 0 Å². The van der Waals surface area contributed by atoms with Gasteiger partial charge in [0.2, 0.25) is 5.91 Å². The first-order chi connectivity index (χ1) is 14.6. The van der Waals surface area contributed by atoms with Crippen molar-refractivity contribution in [3.63, 3.8) is 0 Å². The van der Waals surface area contributed by atoms with Crippen LogP contribution in [-0.2, 0) is 9.53 Å². The summed E-state index contributed by atoms with van der Waals surface area (Å²) in [5.41, 5.74) is 2.87. The van der Waals surface area contributed by atoms with Crippen molar-refractivity contribution >= 4 is 40.6 Å². The minimum atomic E-state index is -0.308. The van der Waals surface area contributed by atoms with E-state index < -0.39 is 0 Å². The highest BCUT2D eigenvalue weighted by Gasteiger charge is 2.18. The number of anilines is 2. The summed E-state index contributed by atoms with van der Waals surface area (Å²) in [5, 5.41) is 4.12. The van der Waals surface area contributed by atoms with Gasteiger partial charge in [0.25, 0.3) is 0 Å². The smallest absolute Gasteiger partial charge is 0.237 e. The molecule has 1 aromatic heterocycles. The third-order valence-corrected chi connectivity index (χ3v) is 6.21. The summed E-state index contributed by atoms with van der Waals surface area (Å²) in [6.45, 7) is 5.15. The largest absolute Gasteiger partial charge is 0.378 e. The van der Waals surface area contributed by atoms with Gasteiger partial charge in [-0.1, -0.05) is 23.4 Å². The second-order valence-corrected chi connectivity index (χ2v) is 8.70. The quantitative estimate of drug-likeness (QED) is 0.570. The Hall–Kier alpha value is -2.48. The number of rotatable bonds is 6. The molecule has 0 unspecified atom stereocenters. The fraction of sp³-hybridized carbons (Fsp3) is 0.273. The molecule has 30 heavy (non-hydrogen) atoms. The Bertz CT molecular complexity index is 985. The van der Waals surface area contributed by atoms with Crippen molar-refractivity contribution in [3.05, 3.63) is 65.9 Å². The predicted octanol–water partition coefficient (Wildman–Crippen LogP) is 4.48. The maximum absolute atomic E-state index is 12.7. The van der Waals surface area contributed by atoms with E-state index in [4.69, 9.17) is 16.3 Å². The molecule has 1 aliphatic heterocycles. The average molecular weight is 443 g/mol. The maximum atomic E-state index is 12.7. The van der Waals surface area contributed by atoms with Crippen LogP contribution in [0.25, 0.3) is 5.69 Å². The Morgan fingerprint density at radius 2 is 1.77 bits per heavy atom. The van der Waals surface area contributed by atoms with Crippen LogP contribution in [0.4, 0.5) is 11.4 Å². The molecule has 1 saturated heterocycles. The molecule has 3 aromatic rings. The molecule has 6 nitrogen and oxygen atoms in total. The predicted molar refractivity (Wildman–Crippen MR) is 122 cm³/mol. The van der Waals surface area contributed by atoms with E-state index in [1.807, 2.05) is 66.2 Å². The summed E-state index contributed by atoms with van der Waals surface area (Å²) >= 11 is 7.39. The second kappa shape index (κ2) is 9.55. The van der Waals surface area contributed by atoms with E-state index in [1.165, 1.54) is 11.8 Å². The average Bonchev–Trinajstić information content (AvgIpc) is 3.23. The van der Waals surface area contributed by atoms with Gasteiger partial charge in [0, 0.05) is 47.6 Å². The topological polar surface area (TPSA) is 59.4 Å². The zero-order valence-corrected chi connectivity index (χ0v) is 18.2. The Labute approximate surface area is 185 Å². The van der Waals surface area contributed by atoms with Crippen LogP contribution >= 0.6 is 23.4 Å². The van der Waals surface area contributed by atoms with Crippen molar-refractivity contribution in [1.29, 1.82) is 0 Å². The molecular weight excluding hydrogens is 420 g/mol. The lowest BCUT2D eigenvalue weighted by molar-refractivity contribution is -0.115. The lowest BCUT2D eigenvalue weighted by Crippen LogP contribution is -2.36. The third-order valence-electron chi connectivity index (χ3n) is 4.87. The summed E-state index contributed by atoms with van der Waals surface area (Å²) in [7, 11) is 0. The summed E-state index contributed by atoms with van der Waals surface area (Å²) in [5.74, 6) is -0.0650. The first-order valence-electron chi connectivity index (χ1n) is 9.80. The van der Waals surface area contributed by atoms with Crippen LogP contribution in [0.15, 0.2) is 66.1 Å². The van der Waals surface area contributed by atoms with Crippen LogP contribution in [0, 0.1) is 0 Å². The van der Waals surface area contributed by atoms with Crippen LogP contribution in [0.5, 0.6) is 0 Å². The van der Waals surface area contributed by atoms with E-state index in [1.54, 1.807) is 6.20 Å². The van der Waals surface area contributed by atoms with Crippen molar-refractivity contribution in [3.8, 4) is 5.69 Å². The van der Waals surface area contributed by atoms with Crippen molar-refractivity contribution < 1.29 is 9.53 Å². The number of nitrogens with zero attached hydrogens (tertiary/aromatic N) is 3. The lowest BCUT2D eigenvalue weighted by Gasteiger charge is -2.28. The monoisotopic (exact) mass is 442 g/mol. The molecule has 1 N–H and O–H groups in total. The molecule has 1 aliphatic rings. The van der Waals surface area contributed by atoms with Gasteiger partial charge in [-0.3, -0.25) is 9.36 Å². The minimum Gasteiger partial charge on any atom is -0.378 e. The molecule has 1 amide bonds. The zero-order valence-electron chi connectivity index (χ0n) is 16.6. The van der Waals surface area contributed by atoms with Crippen molar-refractivity contribution in [2.45, 2.75) is 17.3 Å².